The van der Waals surface area contributed by atoms with Crippen molar-refractivity contribution in [2.45, 2.75) is 48.6 Å². The Hall–Kier alpha value is -3.32. The van der Waals surface area contributed by atoms with E-state index in [1.807, 2.05) is 0 Å². The average molecular weight is 603 g/mol. The number of fused-ring (bicyclic) bond motifs is 1. The largest absolute Gasteiger partial charge is 0.493 e. The lowest BCUT2D eigenvalue weighted by Gasteiger charge is -2.24. The van der Waals surface area contributed by atoms with E-state index in [-0.39, 0.29) is 29.7 Å². The highest BCUT2D eigenvalue weighted by atomic mass is 32.2. The van der Waals surface area contributed by atoms with Crippen LogP contribution in [0.2, 0.25) is 0 Å². The molecule has 41 heavy (non-hydrogen) atoms. The summed E-state index contributed by atoms with van der Waals surface area (Å²) in [6.45, 7) is 1.04. The van der Waals surface area contributed by atoms with Gasteiger partial charge >= 0.3 is 0 Å². The van der Waals surface area contributed by atoms with Crippen molar-refractivity contribution in [3.8, 4) is 23.0 Å². The summed E-state index contributed by atoms with van der Waals surface area (Å²) in [5.41, 5.74) is 1.30. The van der Waals surface area contributed by atoms with E-state index in [1.54, 1.807) is 36.4 Å². The number of ether oxygens (including phenoxy) is 4. The van der Waals surface area contributed by atoms with Gasteiger partial charge in [-0.25, -0.2) is 16.8 Å². The van der Waals surface area contributed by atoms with Gasteiger partial charge in [-0.2, -0.15) is 8.61 Å². The van der Waals surface area contributed by atoms with Gasteiger partial charge in [0.25, 0.3) is 0 Å². The molecule has 2 aliphatic heterocycles. The van der Waals surface area contributed by atoms with E-state index in [4.69, 9.17) is 18.9 Å². The maximum atomic E-state index is 14.1. The summed E-state index contributed by atoms with van der Waals surface area (Å²) in [6.07, 6.45) is 3.63. The first kappa shape index (κ1) is 29.2. The van der Waals surface area contributed by atoms with Gasteiger partial charge in [0.1, 0.15) is 0 Å². The van der Waals surface area contributed by atoms with Crippen LogP contribution in [0, 0.1) is 0 Å². The molecule has 2 heterocycles. The molecule has 5 rings (SSSR count). The Balaban J connectivity index is 1.48. The molecular formula is C29H34N2O8S2. The maximum Gasteiger partial charge on any atom is 0.243 e. The summed E-state index contributed by atoms with van der Waals surface area (Å²) in [5, 5.41) is 0. The van der Waals surface area contributed by atoms with Crippen molar-refractivity contribution in [3.05, 3.63) is 71.8 Å². The van der Waals surface area contributed by atoms with Crippen LogP contribution in [-0.2, 0) is 33.1 Å². The summed E-state index contributed by atoms with van der Waals surface area (Å²) < 4.78 is 79.3. The number of nitrogens with zero attached hydrogens (tertiary/aromatic N) is 2. The Morgan fingerprint density at radius 1 is 0.780 bits per heavy atom. The van der Waals surface area contributed by atoms with Crippen LogP contribution in [0.25, 0.3) is 0 Å². The van der Waals surface area contributed by atoms with Crippen LogP contribution in [0.5, 0.6) is 23.0 Å². The molecular weight excluding hydrogens is 568 g/mol. The molecule has 0 unspecified atom stereocenters. The molecule has 12 heteroatoms. The fraction of sp³-hybridized carbons (Fsp3) is 0.379. The first-order chi connectivity index (χ1) is 19.7. The SMILES string of the molecule is COc1cccc(CN(Cc2ccc3c(c2)OCO3)S(=O)(=O)c2ccc(S(=O)(=O)N3CCCCCC3)cc2)c1OC. The van der Waals surface area contributed by atoms with Gasteiger partial charge in [0.15, 0.2) is 23.0 Å². The second kappa shape index (κ2) is 12.3. The summed E-state index contributed by atoms with van der Waals surface area (Å²) >= 11 is 0. The van der Waals surface area contributed by atoms with Crippen molar-refractivity contribution in [1.82, 2.24) is 8.61 Å². The molecule has 0 atom stereocenters. The number of sulfonamides is 2. The van der Waals surface area contributed by atoms with Crippen LogP contribution in [0.15, 0.2) is 70.5 Å². The fourth-order valence-electron chi connectivity index (χ4n) is 5.10. The predicted octanol–water partition coefficient (Wildman–Crippen LogP) is 4.39. The smallest absolute Gasteiger partial charge is 0.243 e. The van der Waals surface area contributed by atoms with E-state index in [1.165, 1.54) is 47.1 Å². The second-order valence-corrected chi connectivity index (χ2v) is 13.8. The van der Waals surface area contributed by atoms with Gasteiger partial charge < -0.3 is 18.9 Å². The van der Waals surface area contributed by atoms with E-state index < -0.39 is 20.0 Å². The first-order valence-electron chi connectivity index (χ1n) is 13.4. The highest BCUT2D eigenvalue weighted by molar-refractivity contribution is 7.89. The zero-order valence-electron chi connectivity index (χ0n) is 23.1. The van der Waals surface area contributed by atoms with Crippen molar-refractivity contribution in [2.75, 3.05) is 34.1 Å². The molecule has 0 bridgehead atoms. The summed E-state index contributed by atoms with van der Waals surface area (Å²) in [7, 11) is -4.79. The van der Waals surface area contributed by atoms with Crippen LogP contribution >= 0.6 is 0 Å². The zero-order valence-corrected chi connectivity index (χ0v) is 24.7. The Kier molecular flexibility index (Phi) is 8.74. The number of benzene rings is 3. The van der Waals surface area contributed by atoms with Crippen molar-refractivity contribution >= 4 is 20.0 Å². The van der Waals surface area contributed by atoms with E-state index >= 15 is 0 Å². The van der Waals surface area contributed by atoms with Gasteiger partial charge in [0.05, 0.1) is 24.0 Å². The Labute approximate surface area is 241 Å². The molecule has 2 aliphatic rings. The number of methoxy groups -OCH3 is 2. The Bertz CT molecular complexity index is 1580. The van der Waals surface area contributed by atoms with Crippen LogP contribution in [-0.4, -0.2) is 59.5 Å². The molecule has 0 aliphatic carbocycles. The van der Waals surface area contributed by atoms with Crippen molar-refractivity contribution in [3.63, 3.8) is 0 Å². The minimum Gasteiger partial charge on any atom is -0.493 e. The van der Waals surface area contributed by atoms with Gasteiger partial charge in [-0.15, -0.1) is 0 Å². The van der Waals surface area contributed by atoms with Crippen LogP contribution in [0.1, 0.15) is 36.8 Å². The number of hydrogen-bond donors (Lipinski definition) is 0. The molecule has 1 saturated heterocycles. The lowest BCUT2D eigenvalue weighted by atomic mass is 10.1. The second-order valence-electron chi connectivity index (χ2n) is 9.90. The van der Waals surface area contributed by atoms with Gasteiger partial charge in [-0.05, 0) is 60.9 Å². The van der Waals surface area contributed by atoms with Crippen LogP contribution < -0.4 is 18.9 Å². The monoisotopic (exact) mass is 602 g/mol. The average Bonchev–Trinajstić information content (AvgIpc) is 3.27. The highest BCUT2D eigenvalue weighted by Crippen LogP contribution is 2.36. The summed E-state index contributed by atoms with van der Waals surface area (Å²) in [5.74, 6) is 2.05. The zero-order chi connectivity index (χ0) is 29.0. The van der Waals surface area contributed by atoms with Crippen molar-refractivity contribution < 1.29 is 35.8 Å². The molecule has 10 nitrogen and oxygen atoms in total. The highest BCUT2D eigenvalue weighted by Gasteiger charge is 2.30. The normalized spacial score (nSPS) is 16.0. The van der Waals surface area contributed by atoms with Crippen molar-refractivity contribution in [2.24, 2.45) is 0 Å². The molecule has 220 valence electrons. The summed E-state index contributed by atoms with van der Waals surface area (Å²) in [6, 6.07) is 16.0. The van der Waals surface area contributed by atoms with E-state index in [0.717, 1.165) is 25.7 Å². The third-order valence-corrected chi connectivity index (χ3v) is 11.0. The van der Waals surface area contributed by atoms with Crippen LogP contribution in [0.4, 0.5) is 0 Å². The molecule has 3 aromatic carbocycles. The minimum absolute atomic E-state index is 0.0186. The van der Waals surface area contributed by atoms with Gasteiger partial charge in [0, 0.05) is 31.7 Å². The standard InChI is InChI=1S/C29H34N2O8S2/c1-36-27-9-7-8-23(29(27)37-2)20-31(19-22-10-15-26-28(18-22)39-21-38-26)41(34,35)25-13-11-24(12-14-25)40(32,33)30-16-5-3-4-6-17-30/h7-15,18H,3-6,16-17,19-21H2,1-2H3. The molecule has 0 aromatic heterocycles. The molecule has 3 aromatic rings. The third kappa shape index (κ3) is 6.15. The van der Waals surface area contributed by atoms with E-state index in [2.05, 4.69) is 0 Å². The maximum absolute atomic E-state index is 14.1. The van der Waals surface area contributed by atoms with Crippen LogP contribution in [0.3, 0.4) is 0 Å². The van der Waals surface area contributed by atoms with Gasteiger partial charge in [0.2, 0.25) is 26.8 Å². The topological polar surface area (TPSA) is 112 Å². The fourth-order valence-corrected chi connectivity index (χ4v) is 8.02. The lowest BCUT2D eigenvalue weighted by molar-refractivity contribution is 0.174. The third-order valence-electron chi connectivity index (χ3n) is 7.29. The van der Waals surface area contributed by atoms with E-state index in [0.29, 0.717) is 47.2 Å². The molecule has 0 N–H and O–H groups in total. The first-order valence-corrected chi connectivity index (χ1v) is 16.3. The number of rotatable bonds is 10. The quantitative estimate of drug-likeness (QED) is 0.336. The molecule has 0 spiro atoms. The Morgan fingerprint density at radius 2 is 1.46 bits per heavy atom. The molecule has 0 saturated carbocycles. The molecule has 0 amide bonds. The summed E-state index contributed by atoms with van der Waals surface area (Å²) in [4.78, 5) is 0.0602. The number of para-hydroxylation sites is 1. The van der Waals surface area contributed by atoms with Crippen molar-refractivity contribution in [1.29, 1.82) is 0 Å². The lowest BCUT2D eigenvalue weighted by Crippen LogP contribution is -2.32. The minimum atomic E-state index is -4.09. The predicted molar refractivity (Wildman–Crippen MR) is 152 cm³/mol. The van der Waals surface area contributed by atoms with Gasteiger partial charge in [-0.1, -0.05) is 31.0 Å². The molecule has 0 radical (unpaired) electrons. The Morgan fingerprint density at radius 3 is 2.15 bits per heavy atom. The van der Waals surface area contributed by atoms with Gasteiger partial charge in [-0.3, -0.25) is 0 Å². The van der Waals surface area contributed by atoms with E-state index in [9.17, 15) is 16.8 Å². The number of hydrogen-bond acceptors (Lipinski definition) is 8. The molecule has 1 fully saturated rings.